The summed E-state index contributed by atoms with van der Waals surface area (Å²) in [5.74, 6) is -0.876. The van der Waals surface area contributed by atoms with Crippen molar-refractivity contribution in [3.8, 4) is 0 Å². The number of carbonyl (C=O) groups is 2. The molecule has 3 N–H and O–H groups in total. The van der Waals surface area contributed by atoms with E-state index in [0.29, 0.717) is 0 Å². The Labute approximate surface area is 101 Å². The van der Waals surface area contributed by atoms with Crippen LogP contribution < -0.4 is 11.1 Å². The molecule has 4 heteroatoms. The Morgan fingerprint density at radius 3 is 2.47 bits per heavy atom. The summed E-state index contributed by atoms with van der Waals surface area (Å²) < 4.78 is 0. The highest BCUT2D eigenvalue weighted by atomic mass is 16.2. The van der Waals surface area contributed by atoms with E-state index in [4.69, 9.17) is 5.73 Å². The standard InChI is InChI=1S/C13H18N2O2/c1-2-6-11(10-7-4-3-5-8-10)13(17)15-9-12(14)16/h3-5,7-8,11H,2,6,9H2,1H3,(H2,14,16)(H,15,17)/t11-/m1/s1. The number of rotatable bonds is 6. The molecule has 0 heterocycles. The summed E-state index contributed by atoms with van der Waals surface area (Å²) in [5, 5.41) is 2.55. The molecule has 0 spiro atoms. The second-order valence-corrected chi connectivity index (χ2v) is 3.94. The van der Waals surface area contributed by atoms with Crippen LogP contribution in [0.1, 0.15) is 31.2 Å². The predicted molar refractivity (Wildman–Crippen MR) is 66.3 cm³/mol. The van der Waals surface area contributed by atoms with Gasteiger partial charge in [-0.3, -0.25) is 9.59 Å². The van der Waals surface area contributed by atoms with Crippen molar-refractivity contribution in [1.29, 1.82) is 0 Å². The molecule has 1 atom stereocenters. The molecule has 2 amide bonds. The third-order valence-electron chi connectivity index (χ3n) is 2.53. The largest absolute Gasteiger partial charge is 0.368 e. The van der Waals surface area contributed by atoms with Crippen LogP contribution in [0.15, 0.2) is 30.3 Å². The Morgan fingerprint density at radius 2 is 1.94 bits per heavy atom. The zero-order valence-electron chi connectivity index (χ0n) is 9.98. The van der Waals surface area contributed by atoms with Crippen molar-refractivity contribution in [2.45, 2.75) is 25.7 Å². The van der Waals surface area contributed by atoms with Gasteiger partial charge in [-0.15, -0.1) is 0 Å². The number of primary amides is 1. The number of nitrogens with two attached hydrogens (primary N) is 1. The Bertz CT molecular complexity index is 376. The molecule has 17 heavy (non-hydrogen) atoms. The van der Waals surface area contributed by atoms with Crippen molar-refractivity contribution in [2.75, 3.05) is 6.54 Å². The lowest BCUT2D eigenvalue weighted by Gasteiger charge is -2.15. The first-order valence-corrected chi connectivity index (χ1v) is 5.76. The summed E-state index contributed by atoms with van der Waals surface area (Å²) in [5.41, 5.74) is 5.97. The summed E-state index contributed by atoms with van der Waals surface area (Å²) >= 11 is 0. The number of carbonyl (C=O) groups excluding carboxylic acids is 2. The van der Waals surface area contributed by atoms with Gasteiger partial charge in [-0.05, 0) is 12.0 Å². The van der Waals surface area contributed by atoms with Crippen molar-refractivity contribution in [3.63, 3.8) is 0 Å². The fourth-order valence-corrected chi connectivity index (χ4v) is 1.72. The molecule has 0 saturated carbocycles. The van der Waals surface area contributed by atoms with Crippen LogP contribution in [0.25, 0.3) is 0 Å². The third-order valence-corrected chi connectivity index (χ3v) is 2.53. The highest BCUT2D eigenvalue weighted by Gasteiger charge is 2.19. The fraction of sp³-hybridized carbons (Fsp3) is 0.385. The topological polar surface area (TPSA) is 72.2 Å². The minimum atomic E-state index is -0.526. The molecular formula is C13H18N2O2. The fourth-order valence-electron chi connectivity index (χ4n) is 1.72. The van der Waals surface area contributed by atoms with Gasteiger partial charge in [0.05, 0.1) is 12.5 Å². The lowest BCUT2D eigenvalue weighted by atomic mass is 9.94. The highest BCUT2D eigenvalue weighted by molar-refractivity contribution is 5.87. The van der Waals surface area contributed by atoms with Gasteiger partial charge < -0.3 is 11.1 Å². The maximum Gasteiger partial charge on any atom is 0.236 e. The average Bonchev–Trinajstić information content (AvgIpc) is 2.34. The van der Waals surface area contributed by atoms with Crippen LogP contribution in [0.4, 0.5) is 0 Å². The van der Waals surface area contributed by atoms with E-state index >= 15 is 0 Å². The lowest BCUT2D eigenvalue weighted by molar-refractivity contribution is -0.126. The number of hydrogen-bond donors (Lipinski definition) is 2. The summed E-state index contributed by atoms with van der Waals surface area (Å²) in [7, 11) is 0. The molecule has 0 bridgehead atoms. The first kappa shape index (κ1) is 13.2. The molecule has 1 rings (SSSR count). The monoisotopic (exact) mass is 234 g/mol. The smallest absolute Gasteiger partial charge is 0.236 e. The van der Waals surface area contributed by atoms with E-state index in [1.54, 1.807) is 0 Å². The zero-order chi connectivity index (χ0) is 12.7. The SMILES string of the molecule is CCC[C@@H](C(=O)NCC(N)=O)c1ccccc1. The van der Waals surface area contributed by atoms with Crippen LogP contribution in [0.5, 0.6) is 0 Å². The Balaban J connectivity index is 2.72. The van der Waals surface area contributed by atoms with Gasteiger partial charge in [0.2, 0.25) is 11.8 Å². The van der Waals surface area contributed by atoms with Gasteiger partial charge in [-0.1, -0.05) is 43.7 Å². The summed E-state index contributed by atoms with van der Waals surface area (Å²) in [6.45, 7) is 1.92. The van der Waals surface area contributed by atoms with Crippen molar-refractivity contribution in [1.82, 2.24) is 5.32 Å². The molecule has 0 unspecified atom stereocenters. The average molecular weight is 234 g/mol. The molecule has 92 valence electrons. The summed E-state index contributed by atoms with van der Waals surface area (Å²) in [6.07, 6.45) is 1.66. The van der Waals surface area contributed by atoms with E-state index in [9.17, 15) is 9.59 Å². The molecule has 0 aliphatic heterocycles. The highest BCUT2D eigenvalue weighted by Crippen LogP contribution is 2.20. The molecule has 0 radical (unpaired) electrons. The maximum atomic E-state index is 11.9. The first-order chi connectivity index (χ1) is 8.15. The number of nitrogens with one attached hydrogen (secondary N) is 1. The molecule has 0 saturated heterocycles. The molecule has 4 nitrogen and oxygen atoms in total. The van der Waals surface area contributed by atoms with Crippen molar-refractivity contribution in [3.05, 3.63) is 35.9 Å². The normalized spacial score (nSPS) is 11.8. The van der Waals surface area contributed by atoms with Crippen LogP contribution in [-0.2, 0) is 9.59 Å². The summed E-state index contributed by atoms with van der Waals surface area (Å²) in [6, 6.07) is 9.56. The van der Waals surface area contributed by atoms with Crippen LogP contribution in [0.2, 0.25) is 0 Å². The lowest BCUT2D eigenvalue weighted by Crippen LogP contribution is -2.36. The predicted octanol–water partition coefficient (Wildman–Crippen LogP) is 1.17. The van der Waals surface area contributed by atoms with Crippen LogP contribution >= 0.6 is 0 Å². The molecule has 0 aliphatic carbocycles. The Morgan fingerprint density at radius 1 is 1.29 bits per heavy atom. The van der Waals surface area contributed by atoms with E-state index in [2.05, 4.69) is 5.32 Å². The van der Waals surface area contributed by atoms with E-state index in [1.165, 1.54) is 0 Å². The maximum absolute atomic E-state index is 11.9. The van der Waals surface area contributed by atoms with Gasteiger partial charge in [0.15, 0.2) is 0 Å². The molecule has 1 aromatic carbocycles. The van der Waals surface area contributed by atoms with Crippen molar-refractivity contribution < 1.29 is 9.59 Å². The molecule has 0 fully saturated rings. The van der Waals surface area contributed by atoms with Crippen LogP contribution in [0, 0.1) is 0 Å². The molecule has 0 aliphatic rings. The van der Waals surface area contributed by atoms with Crippen molar-refractivity contribution in [2.24, 2.45) is 5.73 Å². The quantitative estimate of drug-likeness (QED) is 0.775. The van der Waals surface area contributed by atoms with Gasteiger partial charge in [0.1, 0.15) is 0 Å². The van der Waals surface area contributed by atoms with Gasteiger partial charge in [-0.2, -0.15) is 0 Å². The van der Waals surface area contributed by atoms with Gasteiger partial charge in [0, 0.05) is 0 Å². The van der Waals surface area contributed by atoms with Crippen LogP contribution in [0.3, 0.4) is 0 Å². The number of hydrogen-bond acceptors (Lipinski definition) is 2. The second-order valence-electron chi connectivity index (χ2n) is 3.94. The third kappa shape index (κ3) is 4.26. The number of benzene rings is 1. The van der Waals surface area contributed by atoms with E-state index in [-0.39, 0.29) is 18.4 Å². The zero-order valence-corrected chi connectivity index (χ0v) is 9.98. The summed E-state index contributed by atoms with van der Waals surface area (Å²) in [4.78, 5) is 22.5. The first-order valence-electron chi connectivity index (χ1n) is 5.76. The van der Waals surface area contributed by atoms with E-state index in [0.717, 1.165) is 18.4 Å². The van der Waals surface area contributed by atoms with E-state index in [1.807, 2.05) is 37.3 Å². The van der Waals surface area contributed by atoms with Gasteiger partial charge in [-0.25, -0.2) is 0 Å². The molecular weight excluding hydrogens is 216 g/mol. The van der Waals surface area contributed by atoms with Crippen LogP contribution in [-0.4, -0.2) is 18.4 Å². The molecule has 1 aromatic rings. The minimum Gasteiger partial charge on any atom is -0.368 e. The van der Waals surface area contributed by atoms with Gasteiger partial charge in [0.25, 0.3) is 0 Å². The molecule has 0 aromatic heterocycles. The number of amides is 2. The second kappa shape index (κ2) is 6.68. The van der Waals surface area contributed by atoms with E-state index < -0.39 is 5.91 Å². The Hall–Kier alpha value is -1.84. The van der Waals surface area contributed by atoms with Gasteiger partial charge >= 0.3 is 0 Å². The Kier molecular flexibility index (Phi) is 5.20. The van der Waals surface area contributed by atoms with Crippen molar-refractivity contribution >= 4 is 11.8 Å². The minimum absolute atomic E-state index is 0.105.